The highest BCUT2D eigenvalue weighted by Gasteiger charge is 2.16. The molecule has 1 aromatic carbocycles. The maximum absolute atomic E-state index is 12.0. The first kappa shape index (κ1) is 12.9. The van der Waals surface area contributed by atoms with Crippen molar-refractivity contribution in [3.8, 4) is 5.75 Å². The van der Waals surface area contributed by atoms with Crippen molar-refractivity contribution >= 4 is 11.6 Å². The minimum Gasteiger partial charge on any atom is -0.494 e. The molecule has 1 heterocycles. The first-order chi connectivity index (χ1) is 8.81. The van der Waals surface area contributed by atoms with Crippen LogP contribution in [0, 0.1) is 0 Å². The van der Waals surface area contributed by atoms with Gasteiger partial charge in [-0.3, -0.25) is 4.79 Å². The maximum Gasteiger partial charge on any atom is 0.228 e. The summed E-state index contributed by atoms with van der Waals surface area (Å²) in [4.78, 5) is 13.9. The van der Waals surface area contributed by atoms with Gasteiger partial charge >= 0.3 is 0 Å². The summed E-state index contributed by atoms with van der Waals surface area (Å²) >= 11 is 0. The van der Waals surface area contributed by atoms with Crippen molar-refractivity contribution in [3.63, 3.8) is 0 Å². The van der Waals surface area contributed by atoms with Gasteiger partial charge in [0, 0.05) is 25.2 Å². The molecular formula is C14H20N2O2. The Hall–Kier alpha value is -1.55. The molecule has 1 fully saturated rings. The van der Waals surface area contributed by atoms with Crippen molar-refractivity contribution in [2.75, 3.05) is 31.1 Å². The standard InChI is InChI=1S/C14H20N2O2/c1-2-18-13-6-4-12(5-7-13)16-11-3-9-15-10-8-14(16)17/h4-7,15H,2-3,8-11H2,1H3. The van der Waals surface area contributed by atoms with Gasteiger partial charge in [0.2, 0.25) is 5.91 Å². The predicted molar refractivity (Wildman–Crippen MR) is 72.1 cm³/mol. The molecule has 0 aromatic heterocycles. The highest BCUT2D eigenvalue weighted by atomic mass is 16.5. The van der Waals surface area contributed by atoms with Crippen LogP contribution >= 0.6 is 0 Å². The average molecular weight is 248 g/mol. The smallest absolute Gasteiger partial charge is 0.228 e. The quantitative estimate of drug-likeness (QED) is 0.887. The fraction of sp³-hybridized carbons (Fsp3) is 0.500. The molecule has 0 unspecified atom stereocenters. The van der Waals surface area contributed by atoms with Crippen LogP contribution in [0.25, 0.3) is 0 Å². The summed E-state index contributed by atoms with van der Waals surface area (Å²) in [5, 5.41) is 3.25. The molecule has 1 N–H and O–H groups in total. The first-order valence-corrected chi connectivity index (χ1v) is 6.55. The molecule has 1 aliphatic rings. The van der Waals surface area contributed by atoms with Gasteiger partial charge in [-0.05, 0) is 44.2 Å². The molecule has 1 amide bonds. The zero-order chi connectivity index (χ0) is 12.8. The van der Waals surface area contributed by atoms with Crippen LogP contribution < -0.4 is 15.0 Å². The van der Waals surface area contributed by atoms with E-state index in [9.17, 15) is 4.79 Å². The van der Waals surface area contributed by atoms with Crippen molar-refractivity contribution < 1.29 is 9.53 Å². The molecule has 0 bridgehead atoms. The zero-order valence-electron chi connectivity index (χ0n) is 10.8. The third-order valence-electron chi connectivity index (χ3n) is 3.01. The lowest BCUT2D eigenvalue weighted by molar-refractivity contribution is -0.118. The van der Waals surface area contributed by atoms with Crippen LogP contribution in [0.3, 0.4) is 0 Å². The molecule has 0 saturated carbocycles. The Morgan fingerprint density at radius 3 is 2.78 bits per heavy atom. The van der Waals surface area contributed by atoms with Gasteiger partial charge in [0.25, 0.3) is 0 Å². The average Bonchev–Trinajstić information content (AvgIpc) is 2.36. The van der Waals surface area contributed by atoms with Crippen LogP contribution in [0.2, 0.25) is 0 Å². The Bertz CT molecular complexity index is 389. The van der Waals surface area contributed by atoms with E-state index < -0.39 is 0 Å². The van der Waals surface area contributed by atoms with E-state index in [1.807, 2.05) is 36.1 Å². The molecule has 1 aliphatic heterocycles. The number of hydrogen-bond donors (Lipinski definition) is 1. The van der Waals surface area contributed by atoms with E-state index in [1.54, 1.807) is 0 Å². The third kappa shape index (κ3) is 3.23. The number of amides is 1. The Morgan fingerprint density at radius 1 is 1.28 bits per heavy atom. The number of carbonyl (C=O) groups excluding carboxylic acids is 1. The molecule has 2 rings (SSSR count). The van der Waals surface area contributed by atoms with Gasteiger partial charge in [0.1, 0.15) is 5.75 Å². The Morgan fingerprint density at radius 2 is 2.06 bits per heavy atom. The Balaban J connectivity index is 2.09. The molecular weight excluding hydrogens is 228 g/mol. The van der Waals surface area contributed by atoms with Crippen LogP contribution in [0.4, 0.5) is 5.69 Å². The number of carbonyl (C=O) groups is 1. The number of rotatable bonds is 3. The maximum atomic E-state index is 12.0. The van der Waals surface area contributed by atoms with E-state index in [-0.39, 0.29) is 5.91 Å². The summed E-state index contributed by atoms with van der Waals surface area (Å²) in [5.41, 5.74) is 0.963. The summed E-state index contributed by atoms with van der Waals surface area (Å²) in [7, 11) is 0. The molecule has 0 spiro atoms. The fourth-order valence-corrected chi connectivity index (χ4v) is 2.10. The van der Waals surface area contributed by atoms with Gasteiger partial charge in [0.05, 0.1) is 6.61 Å². The highest BCUT2D eigenvalue weighted by molar-refractivity contribution is 5.93. The molecule has 4 nitrogen and oxygen atoms in total. The molecule has 98 valence electrons. The molecule has 1 aromatic rings. The SMILES string of the molecule is CCOc1ccc(N2CCCNCCC2=O)cc1. The number of nitrogens with zero attached hydrogens (tertiary/aromatic N) is 1. The van der Waals surface area contributed by atoms with Crippen molar-refractivity contribution in [2.24, 2.45) is 0 Å². The van der Waals surface area contributed by atoms with Gasteiger partial charge in [0.15, 0.2) is 0 Å². The second kappa shape index (κ2) is 6.40. The third-order valence-corrected chi connectivity index (χ3v) is 3.01. The molecule has 0 atom stereocenters. The lowest BCUT2D eigenvalue weighted by atomic mass is 10.2. The lowest BCUT2D eigenvalue weighted by Gasteiger charge is -2.25. The lowest BCUT2D eigenvalue weighted by Crippen LogP contribution is -2.38. The highest BCUT2D eigenvalue weighted by Crippen LogP contribution is 2.20. The van der Waals surface area contributed by atoms with E-state index in [0.717, 1.165) is 37.5 Å². The second-order valence-corrected chi connectivity index (χ2v) is 4.33. The van der Waals surface area contributed by atoms with E-state index >= 15 is 0 Å². The van der Waals surface area contributed by atoms with E-state index in [2.05, 4.69) is 5.32 Å². The minimum absolute atomic E-state index is 0.186. The van der Waals surface area contributed by atoms with E-state index in [1.165, 1.54) is 0 Å². The fourth-order valence-electron chi connectivity index (χ4n) is 2.10. The second-order valence-electron chi connectivity index (χ2n) is 4.33. The van der Waals surface area contributed by atoms with Crippen molar-refractivity contribution in [2.45, 2.75) is 19.8 Å². The summed E-state index contributed by atoms with van der Waals surface area (Å²) in [5.74, 6) is 1.04. The van der Waals surface area contributed by atoms with E-state index in [0.29, 0.717) is 13.0 Å². The van der Waals surface area contributed by atoms with Crippen LogP contribution in [0.5, 0.6) is 5.75 Å². The molecule has 18 heavy (non-hydrogen) atoms. The van der Waals surface area contributed by atoms with Crippen molar-refractivity contribution in [3.05, 3.63) is 24.3 Å². The number of hydrogen-bond acceptors (Lipinski definition) is 3. The van der Waals surface area contributed by atoms with Gasteiger partial charge in [-0.2, -0.15) is 0 Å². The van der Waals surface area contributed by atoms with Crippen LogP contribution in [-0.4, -0.2) is 32.1 Å². The normalized spacial score (nSPS) is 17.2. The van der Waals surface area contributed by atoms with Crippen LogP contribution in [0.15, 0.2) is 24.3 Å². The number of benzene rings is 1. The van der Waals surface area contributed by atoms with Crippen molar-refractivity contribution in [1.82, 2.24) is 5.32 Å². The molecule has 1 saturated heterocycles. The van der Waals surface area contributed by atoms with Gasteiger partial charge < -0.3 is 15.0 Å². The Labute approximate surface area is 108 Å². The first-order valence-electron chi connectivity index (χ1n) is 6.55. The number of nitrogens with one attached hydrogen (secondary N) is 1. The van der Waals surface area contributed by atoms with E-state index in [4.69, 9.17) is 4.74 Å². The largest absolute Gasteiger partial charge is 0.494 e. The summed E-state index contributed by atoms with van der Waals surface area (Å²) in [6.45, 7) is 5.14. The number of ether oxygens (including phenoxy) is 1. The topological polar surface area (TPSA) is 41.6 Å². The summed E-state index contributed by atoms with van der Waals surface area (Å²) in [6, 6.07) is 7.75. The van der Waals surface area contributed by atoms with Gasteiger partial charge in [-0.25, -0.2) is 0 Å². The zero-order valence-corrected chi connectivity index (χ0v) is 10.8. The van der Waals surface area contributed by atoms with Gasteiger partial charge in [-0.15, -0.1) is 0 Å². The number of anilines is 1. The predicted octanol–water partition coefficient (Wildman–Crippen LogP) is 1.80. The van der Waals surface area contributed by atoms with Crippen LogP contribution in [-0.2, 0) is 4.79 Å². The molecule has 0 radical (unpaired) electrons. The van der Waals surface area contributed by atoms with Crippen LogP contribution in [0.1, 0.15) is 19.8 Å². The minimum atomic E-state index is 0.186. The monoisotopic (exact) mass is 248 g/mol. The molecule has 0 aliphatic carbocycles. The summed E-state index contributed by atoms with van der Waals surface area (Å²) < 4.78 is 5.41. The molecule has 4 heteroatoms. The van der Waals surface area contributed by atoms with Gasteiger partial charge in [-0.1, -0.05) is 0 Å². The Kier molecular flexibility index (Phi) is 4.59. The summed E-state index contributed by atoms with van der Waals surface area (Å²) in [6.07, 6.45) is 1.55. The van der Waals surface area contributed by atoms with Crippen molar-refractivity contribution in [1.29, 1.82) is 0 Å².